The summed E-state index contributed by atoms with van der Waals surface area (Å²) in [6.07, 6.45) is 1.54. The lowest BCUT2D eigenvalue weighted by Crippen LogP contribution is -2.50. The highest BCUT2D eigenvalue weighted by molar-refractivity contribution is 5.85. The summed E-state index contributed by atoms with van der Waals surface area (Å²) in [7, 11) is 0. The zero-order valence-corrected chi connectivity index (χ0v) is 15.1. The molecule has 0 radical (unpaired) electrons. The number of rotatable bonds is 5. The molecule has 7 nitrogen and oxygen atoms in total. The Kier molecular flexibility index (Phi) is 5.37. The molecule has 1 atom stereocenters. The first kappa shape index (κ1) is 18.1. The standard InChI is InChI=1S/C19H24N4O3/c1-14-5-3-4-6-16(14)13-21-9-11-22(12-10-21)18(24)15(2)23-8-7-17(20-23)19(25)26/h3-8,15H,9-13H2,1-2H3,(H,25,26). The van der Waals surface area contributed by atoms with Gasteiger partial charge in [0.05, 0.1) is 0 Å². The van der Waals surface area contributed by atoms with E-state index in [1.54, 1.807) is 13.1 Å². The van der Waals surface area contributed by atoms with Crippen LogP contribution in [0, 0.1) is 6.92 Å². The summed E-state index contributed by atoms with van der Waals surface area (Å²) < 4.78 is 1.42. The summed E-state index contributed by atoms with van der Waals surface area (Å²) in [5, 5.41) is 12.9. The van der Waals surface area contributed by atoms with Gasteiger partial charge in [-0.15, -0.1) is 0 Å². The molecular formula is C19H24N4O3. The summed E-state index contributed by atoms with van der Waals surface area (Å²) >= 11 is 0. The fourth-order valence-electron chi connectivity index (χ4n) is 3.20. The zero-order valence-electron chi connectivity index (χ0n) is 15.1. The Hall–Kier alpha value is -2.67. The molecule has 1 aliphatic heterocycles. The second kappa shape index (κ2) is 7.70. The van der Waals surface area contributed by atoms with E-state index in [1.807, 2.05) is 11.0 Å². The van der Waals surface area contributed by atoms with Crippen molar-refractivity contribution in [2.45, 2.75) is 26.4 Å². The van der Waals surface area contributed by atoms with Crippen molar-refractivity contribution in [1.82, 2.24) is 19.6 Å². The monoisotopic (exact) mass is 356 g/mol. The number of aromatic nitrogens is 2. The Morgan fingerprint density at radius 3 is 2.46 bits per heavy atom. The van der Waals surface area contributed by atoms with Crippen LogP contribution >= 0.6 is 0 Å². The summed E-state index contributed by atoms with van der Waals surface area (Å²) in [6, 6.07) is 9.26. The highest BCUT2D eigenvalue weighted by atomic mass is 16.4. The van der Waals surface area contributed by atoms with E-state index in [1.165, 1.54) is 21.9 Å². The number of carboxylic acids is 1. The second-order valence-electron chi connectivity index (χ2n) is 6.69. The van der Waals surface area contributed by atoms with E-state index in [0.29, 0.717) is 13.1 Å². The lowest BCUT2D eigenvalue weighted by molar-refractivity contribution is -0.136. The van der Waals surface area contributed by atoms with E-state index in [9.17, 15) is 9.59 Å². The van der Waals surface area contributed by atoms with Gasteiger partial charge in [0.15, 0.2) is 5.69 Å². The van der Waals surface area contributed by atoms with Crippen LogP contribution in [0.3, 0.4) is 0 Å². The van der Waals surface area contributed by atoms with Gasteiger partial charge in [-0.05, 0) is 31.0 Å². The van der Waals surface area contributed by atoms with Gasteiger partial charge in [0, 0.05) is 38.9 Å². The fourth-order valence-corrected chi connectivity index (χ4v) is 3.20. The number of aromatic carboxylic acids is 1. The normalized spacial score (nSPS) is 16.5. The van der Waals surface area contributed by atoms with Crippen molar-refractivity contribution in [2.24, 2.45) is 0 Å². The van der Waals surface area contributed by atoms with Gasteiger partial charge in [0.25, 0.3) is 0 Å². The van der Waals surface area contributed by atoms with Crippen LogP contribution in [-0.4, -0.2) is 62.7 Å². The molecule has 0 aliphatic carbocycles. The van der Waals surface area contributed by atoms with Crippen molar-refractivity contribution in [1.29, 1.82) is 0 Å². The van der Waals surface area contributed by atoms with Crippen LogP contribution in [0.1, 0.15) is 34.6 Å². The van der Waals surface area contributed by atoms with Crippen LogP contribution in [0.15, 0.2) is 36.5 Å². The van der Waals surface area contributed by atoms with Crippen LogP contribution in [0.25, 0.3) is 0 Å². The average Bonchev–Trinajstić information content (AvgIpc) is 3.13. The Labute approximate surface area is 152 Å². The van der Waals surface area contributed by atoms with Crippen LogP contribution in [0.4, 0.5) is 0 Å². The number of nitrogens with zero attached hydrogens (tertiary/aromatic N) is 4. The van der Waals surface area contributed by atoms with Gasteiger partial charge in [-0.1, -0.05) is 24.3 Å². The lowest BCUT2D eigenvalue weighted by atomic mass is 10.1. The topological polar surface area (TPSA) is 78.7 Å². The van der Waals surface area contributed by atoms with Gasteiger partial charge in [0.2, 0.25) is 5.91 Å². The molecule has 2 aromatic rings. The van der Waals surface area contributed by atoms with Gasteiger partial charge in [-0.2, -0.15) is 5.10 Å². The highest BCUT2D eigenvalue weighted by Crippen LogP contribution is 2.15. The maximum Gasteiger partial charge on any atom is 0.356 e. The third kappa shape index (κ3) is 3.94. The molecule has 138 valence electrons. The lowest BCUT2D eigenvalue weighted by Gasteiger charge is -2.36. The predicted octanol–water partition coefficient (Wildman–Crippen LogP) is 1.80. The molecule has 0 bridgehead atoms. The van der Waals surface area contributed by atoms with Crippen LogP contribution in [0.2, 0.25) is 0 Å². The first-order valence-electron chi connectivity index (χ1n) is 8.80. The minimum atomic E-state index is -1.09. The number of amides is 1. The molecule has 3 rings (SSSR count). The largest absolute Gasteiger partial charge is 0.476 e. The number of benzene rings is 1. The van der Waals surface area contributed by atoms with Gasteiger partial charge < -0.3 is 10.0 Å². The number of hydrogen-bond acceptors (Lipinski definition) is 4. The van der Waals surface area contributed by atoms with E-state index >= 15 is 0 Å². The number of carboxylic acid groups (broad SMARTS) is 1. The Bertz CT molecular complexity index is 794. The van der Waals surface area contributed by atoms with E-state index in [4.69, 9.17) is 5.11 Å². The molecule has 1 N–H and O–H groups in total. The summed E-state index contributed by atoms with van der Waals surface area (Å²) in [5.41, 5.74) is 2.55. The summed E-state index contributed by atoms with van der Waals surface area (Å²) in [5.74, 6) is -1.12. The number of piperazine rings is 1. The van der Waals surface area contributed by atoms with Crippen LogP contribution in [-0.2, 0) is 11.3 Å². The molecule has 0 saturated carbocycles. The van der Waals surface area contributed by atoms with Gasteiger partial charge in [0.1, 0.15) is 6.04 Å². The van der Waals surface area contributed by atoms with Crippen molar-refractivity contribution >= 4 is 11.9 Å². The minimum absolute atomic E-state index is 0.0272. The first-order valence-corrected chi connectivity index (χ1v) is 8.80. The fraction of sp³-hybridized carbons (Fsp3) is 0.421. The van der Waals surface area contributed by atoms with Crippen molar-refractivity contribution < 1.29 is 14.7 Å². The molecule has 1 unspecified atom stereocenters. The molecule has 1 fully saturated rings. The molecule has 26 heavy (non-hydrogen) atoms. The van der Waals surface area contributed by atoms with Crippen LogP contribution < -0.4 is 0 Å². The quantitative estimate of drug-likeness (QED) is 0.884. The molecule has 2 heterocycles. The number of carbonyl (C=O) groups is 2. The second-order valence-corrected chi connectivity index (χ2v) is 6.69. The predicted molar refractivity (Wildman–Crippen MR) is 96.9 cm³/mol. The third-order valence-corrected chi connectivity index (χ3v) is 4.92. The molecule has 1 aromatic heterocycles. The van der Waals surface area contributed by atoms with Crippen molar-refractivity contribution in [3.8, 4) is 0 Å². The molecule has 7 heteroatoms. The van der Waals surface area contributed by atoms with E-state index in [0.717, 1.165) is 19.6 Å². The highest BCUT2D eigenvalue weighted by Gasteiger charge is 2.26. The first-order chi connectivity index (χ1) is 12.5. The Morgan fingerprint density at radius 1 is 1.15 bits per heavy atom. The summed E-state index contributed by atoms with van der Waals surface area (Å²) in [6.45, 7) is 7.75. The van der Waals surface area contributed by atoms with Gasteiger partial charge >= 0.3 is 5.97 Å². The molecule has 0 spiro atoms. The maximum absolute atomic E-state index is 12.7. The molecule has 1 amide bonds. The van der Waals surface area contributed by atoms with E-state index in [2.05, 4.69) is 35.1 Å². The van der Waals surface area contributed by atoms with Crippen molar-refractivity contribution in [3.05, 3.63) is 53.3 Å². The molecule has 1 aromatic carbocycles. The van der Waals surface area contributed by atoms with Crippen LogP contribution in [0.5, 0.6) is 0 Å². The third-order valence-electron chi connectivity index (χ3n) is 4.92. The average molecular weight is 356 g/mol. The maximum atomic E-state index is 12.7. The molecular weight excluding hydrogens is 332 g/mol. The van der Waals surface area contributed by atoms with Gasteiger partial charge in [-0.25, -0.2) is 4.79 Å². The Morgan fingerprint density at radius 2 is 1.85 bits per heavy atom. The smallest absolute Gasteiger partial charge is 0.356 e. The SMILES string of the molecule is Cc1ccccc1CN1CCN(C(=O)C(C)n2ccc(C(=O)O)n2)CC1. The van der Waals surface area contributed by atoms with Crippen molar-refractivity contribution in [2.75, 3.05) is 26.2 Å². The Balaban J connectivity index is 1.56. The molecule has 1 aliphatic rings. The van der Waals surface area contributed by atoms with E-state index in [-0.39, 0.29) is 11.6 Å². The number of aryl methyl sites for hydroxylation is 1. The number of hydrogen-bond donors (Lipinski definition) is 1. The van der Waals surface area contributed by atoms with Crippen molar-refractivity contribution in [3.63, 3.8) is 0 Å². The zero-order chi connectivity index (χ0) is 18.7. The van der Waals surface area contributed by atoms with E-state index < -0.39 is 12.0 Å². The minimum Gasteiger partial charge on any atom is -0.476 e. The number of carbonyl (C=O) groups excluding carboxylic acids is 1. The van der Waals surface area contributed by atoms with Gasteiger partial charge in [-0.3, -0.25) is 14.4 Å². The molecule has 1 saturated heterocycles. The summed E-state index contributed by atoms with van der Waals surface area (Å²) in [4.78, 5) is 27.8.